The van der Waals surface area contributed by atoms with Gasteiger partial charge in [0.15, 0.2) is 17.1 Å². The molecular weight excluding hydrogens is 774 g/mol. The zero-order valence-corrected chi connectivity index (χ0v) is 30.5. The number of alkyl halides is 6. The quantitative estimate of drug-likeness (QED) is 0.135. The highest BCUT2D eigenvalue weighted by atomic mass is 19.4. The first-order valence-corrected chi connectivity index (χ1v) is 18.1. The minimum Gasteiger partial charge on any atom is -0.458 e. The van der Waals surface area contributed by atoms with Gasteiger partial charge < -0.3 is 19.5 Å². The smallest absolute Gasteiger partial charge is 0.408 e. The fourth-order valence-corrected chi connectivity index (χ4v) is 7.04. The number of amides is 2. The molecule has 0 saturated heterocycles. The molecule has 6 heterocycles. The van der Waals surface area contributed by atoms with Crippen LogP contribution in [0, 0.1) is 48.3 Å². The molecule has 2 amide bonds. The van der Waals surface area contributed by atoms with Crippen LogP contribution in [0.2, 0.25) is 0 Å². The van der Waals surface area contributed by atoms with E-state index in [1.165, 1.54) is 21.2 Å². The van der Waals surface area contributed by atoms with Crippen molar-refractivity contribution < 1.29 is 44.8 Å². The average Bonchev–Trinajstić information content (AvgIpc) is 4.00. The molecule has 2 saturated carbocycles. The maximum absolute atomic E-state index is 13.9. The van der Waals surface area contributed by atoms with Crippen molar-refractivity contribution in [2.24, 2.45) is 11.8 Å². The Morgan fingerprint density at radius 2 is 1.36 bits per heavy atom. The summed E-state index contributed by atoms with van der Waals surface area (Å²) in [7, 11) is 0. The number of nitriles is 2. The summed E-state index contributed by atoms with van der Waals surface area (Å²) >= 11 is 0. The molecule has 8 rings (SSSR count). The van der Waals surface area contributed by atoms with Crippen molar-refractivity contribution in [3.8, 4) is 34.8 Å². The van der Waals surface area contributed by atoms with Gasteiger partial charge in [-0.2, -0.15) is 47.1 Å². The third-order valence-electron chi connectivity index (χ3n) is 10.2. The van der Waals surface area contributed by atoms with E-state index in [1.54, 1.807) is 26.0 Å². The van der Waals surface area contributed by atoms with Gasteiger partial charge in [-0.1, -0.05) is 0 Å². The van der Waals surface area contributed by atoms with Crippen LogP contribution in [0.1, 0.15) is 80.6 Å². The lowest BCUT2D eigenvalue weighted by molar-refractivity contribution is -0.158. The molecule has 2 atom stereocenters. The van der Waals surface area contributed by atoms with E-state index in [0.717, 1.165) is 12.4 Å². The largest absolute Gasteiger partial charge is 0.458 e. The molecule has 298 valence electrons. The van der Waals surface area contributed by atoms with Crippen molar-refractivity contribution in [1.82, 2.24) is 39.8 Å². The number of nitrogens with zero attached hydrogens (tertiary/aromatic N) is 8. The molecule has 0 aliphatic heterocycles. The fraction of sp³-hybridized carbons (Fsp3) is 0.368. The summed E-state index contributed by atoms with van der Waals surface area (Å²) in [6, 6.07) is 5.91. The van der Waals surface area contributed by atoms with Gasteiger partial charge in [0.1, 0.15) is 58.1 Å². The normalized spacial score (nSPS) is 15.6. The van der Waals surface area contributed by atoms with Gasteiger partial charge in [-0.15, -0.1) is 0 Å². The van der Waals surface area contributed by atoms with E-state index in [2.05, 4.69) is 30.8 Å². The first-order valence-electron chi connectivity index (χ1n) is 18.1. The molecule has 0 aromatic carbocycles. The van der Waals surface area contributed by atoms with Crippen molar-refractivity contribution in [2.75, 3.05) is 0 Å². The van der Waals surface area contributed by atoms with E-state index in [0.29, 0.717) is 48.4 Å². The first kappa shape index (κ1) is 38.2. The number of aromatic nitrogens is 6. The van der Waals surface area contributed by atoms with E-state index >= 15 is 0 Å². The Morgan fingerprint density at radius 3 is 1.91 bits per heavy atom. The molecule has 58 heavy (non-hydrogen) atoms. The van der Waals surface area contributed by atoms with Crippen LogP contribution in [-0.2, 0) is 12.8 Å². The SMILES string of the molecule is Cc1cc(C#N)c(-c2cc(CCc3oc(C#N)cc3-c3cc(C)n4ncc(C(=O)N[C@@H](C5CC5)C(F)(F)F)c4n3)n3ncc(C(=O)NC(C4CC4)C(F)(F)F)c3n2)o1. The molecule has 6 aromatic rings. The van der Waals surface area contributed by atoms with Crippen LogP contribution in [0.4, 0.5) is 26.3 Å². The number of rotatable bonds is 11. The Kier molecular flexibility index (Phi) is 9.25. The number of hydrogen-bond donors (Lipinski definition) is 2. The molecule has 1 unspecified atom stereocenters. The van der Waals surface area contributed by atoms with Gasteiger partial charge in [0, 0.05) is 29.4 Å². The minimum absolute atomic E-state index is 0.0320. The Balaban J connectivity index is 1.15. The molecule has 20 heteroatoms. The maximum atomic E-state index is 13.9. The van der Waals surface area contributed by atoms with Gasteiger partial charge in [0.2, 0.25) is 5.76 Å². The lowest BCUT2D eigenvalue weighted by Gasteiger charge is -2.21. The second-order valence-electron chi connectivity index (χ2n) is 14.4. The van der Waals surface area contributed by atoms with Gasteiger partial charge in [-0.25, -0.2) is 19.0 Å². The van der Waals surface area contributed by atoms with E-state index in [9.17, 15) is 46.5 Å². The van der Waals surface area contributed by atoms with E-state index in [-0.39, 0.29) is 69.5 Å². The Hall–Kier alpha value is -6.70. The number of aryl methyl sites for hydroxylation is 4. The Labute approximate surface area is 323 Å². The summed E-state index contributed by atoms with van der Waals surface area (Å²) in [5.41, 5.74) is 0.973. The lowest BCUT2D eigenvalue weighted by Crippen LogP contribution is -2.46. The topological polar surface area (TPSA) is 192 Å². The first-order chi connectivity index (χ1) is 27.5. The number of furan rings is 2. The zero-order valence-electron chi connectivity index (χ0n) is 30.5. The van der Waals surface area contributed by atoms with Crippen LogP contribution in [0.5, 0.6) is 0 Å². The van der Waals surface area contributed by atoms with Crippen LogP contribution in [0.3, 0.4) is 0 Å². The highest BCUT2D eigenvalue weighted by molar-refractivity contribution is 6.01. The van der Waals surface area contributed by atoms with Crippen LogP contribution in [-0.4, -0.2) is 65.4 Å². The van der Waals surface area contributed by atoms with Crippen molar-refractivity contribution >= 4 is 23.1 Å². The summed E-state index contributed by atoms with van der Waals surface area (Å²) in [6.45, 7) is 3.26. The fourth-order valence-electron chi connectivity index (χ4n) is 7.04. The van der Waals surface area contributed by atoms with Crippen molar-refractivity contribution in [1.29, 1.82) is 10.5 Å². The van der Waals surface area contributed by atoms with Crippen molar-refractivity contribution in [2.45, 2.75) is 76.8 Å². The number of nitrogens with one attached hydrogen (secondary N) is 2. The molecule has 0 bridgehead atoms. The number of carbonyl (C=O) groups is 2. The number of hydrogen-bond acceptors (Lipinski definition) is 10. The second-order valence-corrected chi connectivity index (χ2v) is 14.4. The molecule has 0 spiro atoms. The molecular formula is C38H30F6N10O4. The summed E-state index contributed by atoms with van der Waals surface area (Å²) in [5, 5.41) is 32.2. The monoisotopic (exact) mass is 804 g/mol. The molecule has 2 fully saturated rings. The molecule has 0 radical (unpaired) electrons. The van der Waals surface area contributed by atoms with Gasteiger partial charge in [-0.3, -0.25) is 9.59 Å². The van der Waals surface area contributed by atoms with E-state index < -0.39 is 48.1 Å². The second kappa shape index (κ2) is 14.0. The molecule has 6 aromatic heterocycles. The summed E-state index contributed by atoms with van der Waals surface area (Å²) in [6.07, 6.45) is -5.73. The van der Waals surface area contributed by atoms with Gasteiger partial charge in [0.05, 0.1) is 18.1 Å². The van der Waals surface area contributed by atoms with Crippen LogP contribution < -0.4 is 10.6 Å². The Bertz CT molecular complexity index is 2700. The van der Waals surface area contributed by atoms with Crippen molar-refractivity contribution in [3.05, 3.63) is 82.0 Å². The predicted molar refractivity (Wildman–Crippen MR) is 188 cm³/mol. The summed E-state index contributed by atoms with van der Waals surface area (Å²) in [5.74, 6) is -2.96. The molecule has 2 aliphatic carbocycles. The standard InChI is InChI=1S/C38H30F6N10O4/c1-17-9-27(49-33-25(15-47-53(17)33)35(55)51-31(19-3-4-19)37(39,40)41)24-12-23(14-46)58-29(24)8-7-22-11-28(30-21(13-45)10-18(2)57-30)50-34-26(16-48-54(22)34)36(56)52-32(20-5-6-20)38(42,43)44/h9-12,15-16,19-20,31-32H,3-8H2,1-2H3,(H,51,55)(H,52,56)/t31-,32?/m0/s1. The Morgan fingerprint density at radius 1 is 0.793 bits per heavy atom. The van der Waals surface area contributed by atoms with Crippen LogP contribution in [0.25, 0.3) is 34.0 Å². The lowest BCUT2D eigenvalue weighted by atomic mass is 10.1. The highest BCUT2D eigenvalue weighted by Gasteiger charge is 2.51. The third-order valence-corrected chi connectivity index (χ3v) is 10.2. The number of fused-ring (bicyclic) bond motifs is 2. The maximum Gasteiger partial charge on any atom is 0.408 e. The van der Waals surface area contributed by atoms with Gasteiger partial charge in [-0.05, 0) is 76.0 Å². The highest BCUT2D eigenvalue weighted by Crippen LogP contribution is 2.41. The number of carbonyl (C=O) groups excluding carboxylic acids is 2. The van der Waals surface area contributed by atoms with E-state index in [4.69, 9.17) is 8.83 Å². The minimum atomic E-state index is -4.68. The van der Waals surface area contributed by atoms with Crippen molar-refractivity contribution in [3.63, 3.8) is 0 Å². The van der Waals surface area contributed by atoms with Crippen LogP contribution in [0.15, 0.2) is 45.5 Å². The number of halogens is 6. The van der Waals surface area contributed by atoms with Gasteiger partial charge in [0.25, 0.3) is 11.8 Å². The summed E-state index contributed by atoms with van der Waals surface area (Å²) in [4.78, 5) is 35.7. The van der Waals surface area contributed by atoms with Gasteiger partial charge >= 0.3 is 12.4 Å². The van der Waals surface area contributed by atoms with Crippen LogP contribution >= 0.6 is 0 Å². The summed E-state index contributed by atoms with van der Waals surface area (Å²) < 4.78 is 97.1. The molecule has 2 aliphatic rings. The molecule has 14 nitrogen and oxygen atoms in total. The predicted octanol–water partition coefficient (Wildman–Crippen LogP) is 6.58. The average molecular weight is 805 g/mol. The zero-order chi connectivity index (χ0) is 41.3. The molecule has 2 N–H and O–H groups in total. The van der Waals surface area contributed by atoms with E-state index in [1.807, 2.05) is 12.1 Å². The third kappa shape index (κ3) is 7.21.